The molecule has 2 aromatic carbocycles. The van der Waals surface area contributed by atoms with Crippen molar-refractivity contribution in [2.75, 3.05) is 18.6 Å². The Bertz CT molecular complexity index is 680. The minimum absolute atomic E-state index is 0.0415. The first kappa shape index (κ1) is 15.1. The number of hydrogen-bond acceptors (Lipinski definition) is 4. The summed E-state index contributed by atoms with van der Waals surface area (Å²) >= 11 is 0. The Hall–Kier alpha value is -2.27. The van der Waals surface area contributed by atoms with Crippen LogP contribution in [0.1, 0.15) is 19.4 Å². The lowest BCUT2D eigenvalue weighted by Crippen LogP contribution is -2.44. The Kier molecular flexibility index (Phi) is 4.04. The van der Waals surface area contributed by atoms with E-state index in [4.69, 9.17) is 10.9 Å². The van der Waals surface area contributed by atoms with Crippen LogP contribution in [0, 0.1) is 0 Å². The summed E-state index contributed by atoms with van der Waals surface area (Å²) in [4.78, 5) is 2.03. The van der Waals surface area contributed by atoms with Crippen LogP contribution in [0.2, 0.25) is 0 Å². The normalized spacial score (nSPS) is 12.7. The average Bonchev–Trinajstić information content (AvgIpc) is 2.52. The smallest absolute Gasteiger partial charge is 0.170 e. The van der Waals surface area contributed by atoms with Gasteiger partial charge in [-0.3, -0.25) is 0 Å². The van der Waals surface area contributed by atoms with Gasteiger partial charge in [-0.15, -0.1) is 0 Å². The maximum absolute atomic E-state index is 9.56. The summed E-state index contributed by atoms with van der Waals surface area (Å²) in [5, 5.41) is 23.5. The number of likely N-dealkylation sites (N-methyl/N-ethyl adjacent to an activating group) is 1. The average molecular weight is 287 g/mol. The van der Waals surface area contributed by atoms with Crippen molar-refractivity contribution in [1.29, 1.82) is 0 Å². The summed E-state index contributed by atoms with van der Waals surface area (Å²) in [7, 11) is 1.95. The third-order valence-electron chi connectivity index (χ3n) is 3.94. The molecule has 0 fully saturated rings. The predicted molar refractivity (Wildman–Crippen MR) is 86.0 cm³/mol. The maximum atomic E-state index is 9.56. The van der Waals surface area contributed by atoms with Gasteiger partial charge in [0.2, 0.25) is 0 Å². The van der Waals surface area contributed by atoms with Crippen LogP contribution in [-0.2, 0) is 0 Å². The SMILES string of the molecule is CN(c1ccc(/C(N)=N/O)c2ccccc12)C(C)(C)CO. The maximum Gasteiger partial charge on any atom is 0.170 e. The van der Waals surface area contributed by atoms with Crippen LogP contribution in [0.3, 0.4) is 0 Å². The van der Waals surface area contributed by atoms with Crippen LogP contribution in [-0.4, -0.2) is 35.3 Å². The van der Waals surface area contributed by atoms with Crippen LogP contribution < -0.4 is 10.6 Å². The first-order valence-corrected chi connectivity index (χ1v) is 6.76. The number of aliphatic hydroxyl groups is 1. The first-order valence-electron chi connectivity index (χ1n) is 6.76. The van der Waals surface area contributed by atoms with E-state index < -0.39 is 0 Å². The second kappa shape index (κ2) is 5.61. The van der Waals surface area contributed by atoms with Crippen LogP contribution in [0.25, 0.3) is 10.8 Å². The number of rotatable bonds is 4. The number of fused-ring (bicyclic) bond motifs is 1. The molecule has 0 aromatic heterocycles. The van der Waals surface area contributed by atoms with E-state index in [2.05, 4.69) is 5.16 Å². The molecular weight excluding hydrogens is 266 g/mol. The van der Waals surface area contributed by atoms with E-state index in [1.54, 1.807) is 0 Å². The second-order valence-corrected chi connectivity index (χ2v) is 5.69. The molecule has 2 aromatic rings. The van der Waals surface area contributed by atoms with Crippen molar-refractivity contribution in [3.05, 3.63) is 42.0 Å². The van der Waals surface area contributed by atoms with E-state index in [0.717, 1.165) is 16.5 Å². The number of oxime groups is 1. The lowest BCUT2D eigenvalue weighted by Gasteiger charge is -2.36. The molecule has 0 unspecified atom stereocenters. The summed E-state index contributed by atoms with van der Waals surface area (Å²) in [6.45, 7) is 3.98. The Morgan fingerprint density at radius 3 is 2.38 bits per heavy atom. The van der Waals surface area contributed by atoms with Gasteiger partial charge in [0.05, 0.1) is 12.1 Å². The van der Waals surface area contributed by atoms with Gasteiger partial charge in [0.15, 0.2) is 5.84 Å². The van der Waals surface area contributed by atoms with Crippen molar-refractivity contribution in [2.45, 2.75) is 19.4 Å². The van der Waals surface area contributed by atoms with Gasteiger partial charge >= 0.3 is 0 Å². The Morgan fingerprint density at radius 1 is 1.19 bits per heavy atom. The van der Waals surface area contributed by atoms with Crippen LogP contribution in [0.15, 0.2) is 41.6 Å². The van der Waals surface area contributed by atoms with E-state index in [0.29, 0.717) is 5.56 Å². The molecule has 0 aliphatic carbocycles. The minimum atomic E-state index is -0.388. The molecule has 0 amide bonds. The van der Waals surface area contributed by atoms with E-state index in [1.807, 2.05) is 62.2 Å². The highest BCUT2D eigenvalue weighted by molar-refractivity contribution is 6.11. The summed E-state index contributed by atoms with van der Waals surface area (Å²) in [5.74, 6) is 0.0850. The van der Waals surface area contributed by atoms with Crippen molar-refractivity contribution in [1.82, 2.24) is 0 Å². The molecule has 5 nitrogen and oxygen atoms in total. The molecule has 21 heavy (non-hydrogen) atoms. The highest BCUT2D eigenvalue weighted by atomic mass is 16.4. The van der Waals surface area contributed by atoms with Crippen molar-refractivity contribution in [3.8, 4) is 0 Å². The van der Waals surface area contributed by atoms with Gasteiger partial charge in [-0.1, -0.05) is 29.4 Å². The topological polar surface area (TPSA) is 82.1 Å². The lowest BCUT2D eigenvalue weighted by molar-refractivity contribution is 0.216. The fraction of sp³-hybridized carbons (Fsp3) is 0.312. The molecule has 0 radical (unpaired) electrons. The van der Waals surface area contributed by atoms with Gasteiger partial charge in [0.1, 0.15) is 0 Å². The van der Waals surface area contributed by atoms with Gasteiger partial charge in [-0.25, -0.2) is 0 Å². The Morgan fingerprint density at radius 2 is 1.81 bits per heavy atom. The molecule has 5 heteroatoms. The molecule has 4 N–H and O–H groups in total. The van der Waals surface area contributed by atoms with Crippen LogP contribution in [0.5, 0.6) is 0 Å². The molecule has 2 rings (SSSR count). The Labute approximate surface area is 124 Å². The van der Waals surface area contributed by atoms with E-state index in [9.17, 15) is 5.11 Å². The summed E-state index contributed by atoms with van der Waals surface area (Å²) < 4.78 is 0. The summed E-state index contributed by atoms with van der Waals surface area (Å²) in [6, 6.07) is 11.5. The van der Waals surface area contributed by atoms with E-state index in [-0.39, 0.29) is 18.0 Å². The monoisotopic (exact) mass is 287 g/mol. The van der Waals surface area contributed by atoms with E-state index in [1.165, 1.54) is 0 Å². The molecule has 0 bridgehead atoms. The van der Waals surface area contributed by atoms with Gasteiger partial charge in [-0.05, 0) is 31.4 Å². The zero-order valence-corrected chi connectivity index (χ0v) is 12.5. The lowest BCUT2D eigenvalue weighted by atomic mass is 9.98. The number of amidine groups is 1. The zero-order valence-electron chi connectivity index (χ0n) is 12.5. The largest absolute Gasteiger partial charge is 0.409 e. The fourth-order valence-corrected chi connectivity index (χ4v) is 2.29. The fourth-order valence-electron chi connectivity index (χ4n) is 2.29. The van der Waals surface area contributed by atoms with Gasteiger partial charge in [-0.2, -0.15) is 0 Å². The molecule has 0 heterocycles. The van der Waals surface area contributed by atoms with Crippen molar-refractivity contribution >= 4 is 22.3 Å². The zero-order chi connectivity index (χ0) is 15.6. The molecule has 0 saturated heterocycles. The van der Waals surface area contributed by atoms with Crippen molar-refractivity contribution in [3.63, 3.8) is 0 Å². The quantitative estimate of drug-likeness (QED) is 0.348. The number of nitrogens with two attached hydrogens (primary N) is 1. The van der Waals surface area contributed by atoms with Gasteiger partial charge < -0.3 is 20.9 Å². The Balaban J connectivity index is 2.69. The number of anilines is 1. The third-order valence-corrected chi connectivity index (χ3v) is 3.94. The highest BCUT2D eigenvalue weighted by Gasteiger charge is 2.24. The second-order valence-electron chi connectivity index (χ2n) is 5.69. The summed E-state index contributed by atoms with van der Waals surface area (Å²) in [5.41, 5.74) is 7.03. The molecule has 0 atom stereocenters. The number of nitrogens with zero attached hydrogens (tertiary/aromatic N) is 2. The van der Waals surface area contributed by atoms with Crippen molar-refractivity contribution in [2.24, 2.45) is 10.9 Å². The standard InChI is InChI=1S/C16H21N3O2/c1-16(2,10-20)19(3)14-9-8-13(15(17)18-21)11-6-4-5-7-12(11)14/h4-9,20-21H,10H2,1-3H3,(H2,17,18). The molecule has 112 valence electrons. The van der Waals surface area contributed by atoms with Gasteiger partial charge in [0.25, 0.3) is 0 Å². The van der Waals surface area contributed by atoms with Crippen LogP contribution >= 0.6 is 0 Å². The molecular formula is C16H21N3O2. The van der Waals surface area contributed by atoms with E-state index >= 15 is 0 Å². The number of hydrogen-bond donors (Lipinski definition) is 3. The van der Waals surface area contributed by atoms with Crippen LogP contribution in [0.4, 0.5) is 5.69 Å². The first-order chi connectivity index (χ1) is 9.92. The minimum Gasteiger partial charge on any atom is -0.409 e. The van der Waals surface area contributed by atoms with Crippen molar-refractivity contribution < 1.29 is 10.3 Å². The predicted octanol–water partition coefficient (Wildman–Crippen LogP) is 2.14. The molecule has 0 saturated carbocycles. The number of aliphatic hydroxyl groups excluding tert-OH is 1. The number of benzene rings is 2. The summed E-state index contributed by atoms with van der Waals surface area (Å²) in [6.07, 6.45) is 0. The highest BCUT2D eigenvalue weighted by Crippen LogP contribution is 2.32. The third kappa shape index (κ3) is 2.64. The molecule has 0 aliphatic heterocycles. The molecule has 0 aliphatic rings. The molecule has 0 spiro atoms. The van der Waals surface area contributed by atoms with Gasteiger partial charge in [0, 0.05) is 23.7 Å².